The molecule has 0 aliphatic heterocycles. The molecular formula is C13H18ClN5O. The van der Waals surface area contributed by atoms with Gasteiger partial charge in [0.2, 0.25) is 0 Å². The molecule has 0 aromatic carbocycles. The van der Waals surface area contributed by atoms with Gasteiger partial charge in [-0.25, -0.2) is 0 Å². The largest absolute Gasteiger partial charge is 0.346 e. The third-order valence-electron chi connectivity index (χ3n) is 3.29. The van der Waals surface area contributed by atoms with E-state index in [0.717, 1.165) is 23.5 Å². The van der Waals surface area contributed by atoms with E-state index in [9.17, 15) is 4.79 Å². The first-order valence-corrected chi connectivity index (χ1v) is 6.82. The first-order chi connectivity index (χ1) is 9.43. The van der Waals surface area contributed by atoms with Crippen LogP contribution in [0.25, 0.3) is 0 Å². The van der Waals surface area contributed by atoms with Gasteiger partial charge in [-0.3, -0.25) is 14.2 Å². The Bertz CT molecular complexity index is 643. The van der Waals surface area contributed by atoms with Gasteiger partial charge < -0.3 is 5.32 Å². The zero-order chi connectivity index (χ0) is 14.9. The van der Waals surface area contributed by atoms with Crippen molar-refractivity contribution in [2.24, 2.45) is 7.05 Å². The van der Waals surface area contributed by atoms with Gasteiger partial charge in [-0.1, -0.05) is 11.6 Å². The number of carbonyl (C=O) groups is 1. The minimum Gasteiger partial charge on any atom is -0.346 e. The van der Waals surface area contributed by atoms with E-state index in [4.69, 9.17) is 11.6 Å². The fourth-order valence-corrected chi connectivity index (χ4v) is 2.13. The van der Waals surface area contributed by atoms with Gasteiger partial charge in [0, 0.05) is 31.9 Å². The Kier molecular flexibility index (Phi) is 4.13. The van der Waals surface area contributed by atoms with Crippen molar-refractivity contribution in [3.8, 4) is 0 Å². The number of aryl methyl sites for hydroxylation is 3. The molecule has 1 N–H and O–H groups in total. The summed E-state index contributed by atoms with van der Waals surface area (Å²) in [6.45, 7) is 6.98. The van der Waals surface area contributed by atoms with Crippen molar-refractivity contribution < 1.29 is 4.79 Å². The van der Waals surface area contributed by atoms with E-state index < -0.39 is 0 Å². The lowest BCUT2D eigenvalue weighted by molar-refractivity contribution is 0.0945. The zero-order valence-corrected chi connectivity index (χ0v) is 12.8. The van der Waals surface area contributed by atoms with Crippen LogP contribution in [0.3, 0.4) is 0 Å². The smallest absolute Gasteiger partial charge is 0.273 e. The molecule has 2 aromatic heterocycles. The van der Waals surface area contributed by atoms with Crippen LogP contribution in [-0.4, -0.2) is 25.5 Å². The van der Waals surface area contributed by atoms with E-state index in [2.05, 4.69) is 15.5 Å². The molecule has 0 bridgehead atoms. The lowest BCUT2D eigenvalue weighted by Gasteiger charge is -2.02. The van der Waals surface area contributed by atoms with Crippen LogP contribution in [0.1, 0.15) is 34.4 Å². The zero-order valence-electron chi connectivity index (χ0n) is 12.1. The second-order valence-electron chi connectivity index (χ2n) is 4.65. The molecule has 6 nitrogen and oxygen atoms in total. The normalized spacial score (nSPS) is 10.8. The molecule has 7 heteroatoms. The van der Waals surface area contributed by atoms with E-state index in [0.29, 0.717) is 11.6 Å². The molecular weight excluding hydrogens is 278 g/mol. The standard InChI is InChI=1S/C13H18ClN5O/c1-5-19-7-10(8(2)16-19)6-15-13(20)12-11(14)9(3)18(4)17-12/h7H,5-6H2,1-4H3,(H,15,20). The highest BCUT2D eigenvalue weighted by Crippen LogP contribution is 2.19. The van der Waals surface area contributed by atoms with Crippen molar-refractivity contribution >= 4 is 17.5 Å². The topological polar surface area (TPSA) is 64.7 Å². The summed E-state index contributed by atoms with van der Waals surface area (Å²) in [6, 6.07) is 0. The summed E-state index contributed by atoms with van der Waals surface area (Å²) in [5.41, 5.74) is 2.93. The Balaban J connectivity index is 2.08. The van der Waals surface area contributed by atoms with Crippen LogP contribution in [0.2, 0.25) is 5.02 Å². The van der Waals surface area contributed by atoms with Gasteiger partial charge in [0.05, 0.1) is 16.4 Å². The third kappa shape index (κ3) is 2.70. The molecule has 0 fully saturated rings. The summed E-state index contributed by atoms with van der Waals surface area (Å²) in [6.07, 6.45) is 1.93. The number of hydrogen-bond acceptors (Lipinski definition) is 3. The van der Waals surface area contributed by atoms with Crippen LogP contribution < -0.4 is 5.32 Å². The average Bonchev–Trinajstić information content (AvgIpc) is 2.91. The average molecular weight is 296 g/mol. The molecule has 2 heterocycles. The second kappa shape index (κ2) is 5.66. The molecule has 2 aromatic rings. The summed E-state index contributed by atoms with van der Waals surface area (Å²) < 4.78 is 3.44. The molecule has 2 rings (SSSR count). The Morgan fingerprint density at radius 2 is 2.10 bits per heavy atom. The number of nitrogens with one attached hydrogen (secondary N) is 1. The minimum absolute atomic E-state index is 0.257. The Labute approximate surface area is 122 Å². The molecule has 0 saturated heterocycles. The number of carbonyl (C=O) groups excluding carboxylic acids is 1. The molecule has 1 amide bonds. The van der Waals surface area contributed by atoms with Crippen LogP contribution in [-0.2, 0) is 20.1 Å². The fourth-order valence-electron chi connectivity index (χ4n) is 1.88. The number of halogens is 1. The molecule has 0 saturated carbocycles. The van der Waals surface area contributed by atoms with Gasteiger partial charge in [0.25, 0.3) is 5.91 Å². The predicted molar refractivity (Wildman–Crippen MR) is 76.8 cm³/mol. The maximum atomic E-state index is 12.1. The van der Waals surface area contributed by atoms with Crippen molar-refractivity contribution in [3.05, 3.63) is 33.9 Å². The molecule has 0 aliphatic rings. The monoisotopic (exact) mass is 295 g/mol. The summed E-state index contributed by atoms with van der Waals surface area (Å²) in [4.78, 5) is 12.1. The summed E-state index contributed by atoms with van der Waals surface area (Å²) in [5.74, 6) is -0.276. The number of hydrogen-bond donors (Lipinski definition) is 1. The molecule has 20 heavy (non-hydrogen) atoms. The van der Waals surface area contributed by atoms with E-state index in [1.165, 1.54) is 0 Å². The van der Waals surface area contributed by atoms with E-state index in [1.54, 1.807) is 11.7 Å². The lowest BCUT2D eigenvalue weighted by Crippen LogP contribution is -2.23. The van der Waals surface area contributed by atoms with Crippen molar-refractivity contribution in [2.75, 3.05) is 0 Å². The van der Waals surface area contributed by atoms with E-state index in [1.807, 2.05) is 31.6 Å². The van der Waals surface area contributed by atoms with E-state index >= 15 is 0 Å². The maximum Gasteiger partial charge on any atom is 0.273 e. The summed E-state index contributed by atoms with van der Waals surface area (Å²) >= 11 is 6.09. The SMILES string of the molecule is CCn1cc(CNC(=O)c2nn(C)c(C)c2Cl)c(C)n1. The van der Waals surface area contributed by atoms with Gasteiger partial charge in [-0.05, 0) is 20.8 Å². The van der Waals surface area contributed by atoms with Gasteiger partial charge in [-0.15, -0.1) is 0 Å². The quantitative estimate of drug-likeness (QED) is 0.936. The Morgan fingerprint density at radius 1 is 1.40 bits per heavy atom. The highest BCUT2D eigenvalue weighted by molar-refractivity contribution is 6.34. The van der Waals surface area contributed by atoms with Crippen LogP contribution in [0.15, 0.2) is 6.20 Å². The predicted octanol–water partition coefficient (Wildman–Crippen LogP) is 1.84. The van der Waals surface area contributed by atoms with Crippen molar-refractivity contribution in [3.63, 3.8) is 0 Å². The lowest BCUT2D eigenvalue weighted by atomic mass is 10.2. The summed E-state index contributed by atoms with van der Waals surface area (Å²) in [5, 5.41) is 11.7. The van der Waals surface area contributed by atoms with Crippen LogP contribution in [0.5, 0.6) is 0 Å². The molecule has 0 radical (unpaired) electrons. The highest BCUT2D eigenvalue weighted by atomic mass is 35.5. The first kappa shape index (κ1) is 14.6. The van der Waals surface area contributed by atoms with Gasteiger partial charge >= 0.3 is 0 Å². The Morgan fingerprint density at radius 3 is 2.60 bits per heavy atom. The van der Waals surface area contributed by atoms with Crippen molar-refractivity contribution in [2.45, 2.75) is 33.9 Å². The summed E-state index contributed by atoms with van der Waals surface area (Å²) in [7, 11) is 1.76. The Hall–Kier alpha value is -1.82. The highest BCUT2D eigenvalue weighted by Gasteiger charge is 2.18. The number of amides is 1. The van der Waals surface area contributed by atoms with Crippen molar-refractivity contribution in [1.82, 2.24) is 24.9 Å². The van der Waals surface area contributed by atoms with E-state index in [-0.39, 0.29) is 11.6 Å². The molecule has 0 spiro atoms. The van der Waals surface area contributed by atoms with Crippen LogP contribution >= 0.6 is 11.6 Å². The van der Waals surface area contributed by atoms with Crippen molar-refractivity contribution in [1.29, 1.82) is 0 Å². The number of rotatable bonds is 4. The second-order valence-corrected chi connectivity index (χ2v) is 5.03. The molecule has 108 valence electrons. The minimum atomic E-state index is -0.276. The van der Waals surface area contributed by atoms with Gasteiger partial charge in [0.1, 0.15) is 0 Å². The number of nitrogens with zero attached hydrogens (tertiary/aromatic N) is 4. The molecule has 0 atom stereocenters. The fraction of sp³-hybridized carbons (Fsp3) is 0.462. The third-order valence-corrected chi connectivity index (χ3v) is 3.74. The van der Waals surface area contributed by atoms with Gasteiger partial charge in [-0.2, -0.15) is 10.2 Å². The number of aromatic nitrogens is 4. The van der Waals surface area contributed by atoms with Crippen LogP contribution in [0, 0.1) is 13.8 Å². The van der Waals surface area contributed by atoms with Crippen LogP contribution in [0.4, 0.5) is 0 Å². The maximum absolute atomic E-state index is 12.1. The van der Waals surface area contributed by atoms with Gasteiger partial charge in [0.15, 0.2) is 5.69 Å². The molecule has 0 aliphatic carbocycles. The molecule has 0 unspecified atom stereocenters. The first-order valence-electron chi connectivity index (χ1n) is 6.44.